The van der Waals surface area contributed by atoms with E-state index in [1.165, 1.54) is 35.2 Å². The van der Waals surface area contributed by atoms with E-state index in [1.54, 1.807) is 30.3 Å². The summed E-state index contributed by atoms with van der Waals surface area (Å²) in [7, 11) is -4.10. The Morgan fingerprint density at radius 1 is 0.927 bits per heavy atom. The highest BCUT2D eigenvalue weighted by atomic mass is 32.2. The van der Waals surface area contributed by atoms with Crippen LogP contribution >= 0.6 is 0 Å². The standard InChI is InChI=1S/C30H24F3N4O3S/c1-19-27(35-29(21-10-11-21)36-28(19)34-24-15-13-23(14-16-24)30(31,32)33)22-12-9-20-6-5-17-37(26(20)18-22)40-41(38,39)25-7-3-2-4-8-25/h2-9,12-18,21H,10-11H2,1H3,(H,34,35,36)/q+1. The molecule has 0 unspecified atom stereocenters. The van der Waals surface area contributed by atoms with Crippen LogP contribution in [0, 0.1) is 6.92 Å². The Kier molecular flexibility index (Phi) is 6.61. The zero-order valence-corrected chi connectivity index (χ0v) is 22.6. The highest BCUT2D eigenvalue weighted by molar-refractivity contribution is 7.86. The lowest BCUT2D eigenvalue weighted by Crippen LogP contribution is -2.45. The van der Waals surface area contributed by atoms with Gasteiger partial charge < -0.3 is 5.32 Å². The van der Waals surface area contributed by atoms with Crippen molar-refractivity contribution < 1.29 is 30.6 Å². The third-order valence-corrected chi connectivity index (χ3v) is 8.04. The summed E-state index contributed by atoms with van der Waals surface area (Å²) in [5.41, 5.74) is 2.25. The summed E-state index contributed by atoms with van der Waals surface area (Å²) in [5.74, 6) is 1.33. The zero-order chi connectivity index (χ0) is 28.8. The molecule has 0 atom stereocenters. The van der Waals surface area contributed by atoms with Gasteiger partial charge in [0.05, 0.1) is 16.6 Å². The van der Waals surface area contributed by atoms with Crippen molar-refractivity contribution >= 4 is 32.5 Å². The molecule has 41 heavy (non-hydrogen) atoms. The van der Waals surface area contributed by atoms with Crippen LogP contribution in [0.1, 0.15) is 35.7 Å². The molecule has 0 aliphatic heterocycles. The van der Waals surface area contributed by atoms with E-state index in [4.69, 9.17) is 14.3 Å². The van der Waals surface area contributed by atoms with Crippen LogP contribution in [0.15, 0.2) is 96.0 Å². The van der Waals surface area contributed by atoms with Crippen LogP contribution in [0.25, 0.3) is 22.2 Å². The lowest BCUT2D eigenvalue weighted by molar-refractivity contribution is -0.835. The van der Waals surface area contributed by atoms with Gasteiger partial charge in [0.15, 0.2) is 0 Å². The Morgan fingerprint density at radius 3 is 2.34 bits per heavy atom. The van der Waals surface area contributed by atoms with E-state index in [0.717, 1.165) is 30.4 Å². The predicted molar refractivity (Wildman–Crippen MR) is 147 cm³/mol. The van der Waals surface area contributed by atoms with Crippen molar-refractivity contribution in [2.45, 2.75) is 36.8 Å². The van der Waals surface area contributed by atoms with E-state index >= 15 is 0 Å². The van der Waals surface area contributed by atoms with Crippen molar-refractivity contribution in [3.63, 3.8) is 0 Å². The maximum absolute atomic E-state index is 13.0. The lowest BCUT2D eigenvalue weighted by atomic mass is 10.0. The van der Waals surface area contributed by atoms with Crippen LogP contribution < -0.4 is 14.3 Å². The Balaban J connectivity index is 1.40. The summed E-state index contributed by atoms with van der Waals surface area (Å²) >= 11 is 0. The van der Waals surface area contributed by atoms with Gasteiger partial charge in [-0.25, -0.2) is 9.97 Å². The van der Waals surface area contributed by atoms with Gasteiger partial charge in [-0.2, -0.15) is 21.6 Å². The summed E-state index contributed by atoms with van der Waals surface area (Å²) in [4.78, 5) is 9.57. The molecule has 208 valence electrons. The fraction of sp³-hybridized carbons (Fsp3) is 0.167. The molecule has 0 amide bonds. The van der Waals surface area contributed by atoms with E-state index in [-0.39, 0.29) is 10.8 Å². The Hall–Kier alpha value is -4.51. The minimum absolute atomic E-state index is 0.0281. The maximum Gasteiger partial charge on any atom is 0.416 e. The molecule has 2 aromatic heterocycles. The van der Waals surface area contributed by atoms with Gasteiger partial charge in [-0.3, -0.25) is 0 Å². The number of alkyl halides is 3. The van der Waals surface area contributed by atoms with Crippen LogP contribution in [0.5, 0.6) is 0 Å². The summed E-state index contributed by atoms with van der Waals surface area (Å²) in [6, 6.07) is 21.7. The van der Waals surface area contributed by atoms with Gasteiger partial charge in [0.25, 0.3) is 5.52 Å². The van der Waals surface area contributed by atoms with Crippen LogP contribution in [0.2, 0.25) is 0 Å². The van der Waals surface area contributed by atoms with Gasteiger partial charge >= 0.3 is 16.3 Å². The molecule has 3 aromatic carbocycles. The lowest BCUT2D eigenvalue weighted by Gasteiger charge is -2.15. The molecule has 1 saturated carbocycles. The number of rotatable bonds is 7. The molecule has 11 heteroatoms. The zero-order valence-electron chi connectivity index (χ0n) is 21.8. The number of nitrogens with one attached hydrogen (secondary N) is 1. The highest BCUT2D eigenvalue weighted by Crippen LogP contribution is 2.41. The number of anilines is 2. The normalized spacial score (nSPS) is 13.8. The van der Waals surface area contributed by atoms with Gasteiger partial charge in [0.2, 0.25) is 6.20 Å². The van der Waals surface area contributed by atoms with Gasteiger partial charge in [0, 0.05) is 39.6 Å². The van der Waals surface area contributed by atoms with Crippen molar-refractivity contribution in [1.29, 1.82) is 0 Å². The van der Waals surface area contributed by atoms with Crippen LogP contribution in [-0.2, 0) is 16.3 Å². The minimum Gasteiger partial charge on any atom is -0.340 e. The molecule has 0 spiro atoms. The SMILES string of the molecule is Cc1c(Nc2ccc(C(F)(F)F)cc2)nc(C2CC2)nc1-c1ccc2ccc[n+](OS(=O)(=O)c3ccccc3)c2c1. The Bertz CT molecular complexity index is 1860. The average molecular weight is 578 g/mol. The number of fused-ring (bicyclic) bond motifs is 1. The average Bonchev–Trinajstić information content (AvgIpc) is 3.80. The van der Waals surface area contributed by atoms with Gasteiger partial charge in [-0.1, -0.05) is 24.3 Å². The summed E-state index contributed by atoms with van der Waals surface area (Å²) < 4.78 is 71.7. The molecule has 5 aromatic rings. The summed E-state index contributed by atoms with van der Waals surface area (Å²) in [5, 5.41) is 3.90. The Labute approximate surface area is 234 Å². The molecule has 7 nitrogen and oxygen atoms in total. The topological polar surface area (TPSA) is 85.1 Å². The highest BCUT2D eigenvalue weighted by Gasteiger charge is 2.31. The number of benzene rings is 3. The van der Waals surface area contributed by atoms with E-state index in [0.29, 0.717) is 39.7 Å². The second-order valence-electron chi connectivity index (χ2n) is 9.83. The molecule has 1 aliphatic rings. The van der Waals surface area contributed by atoms with Crippen molar-refractivity contribution in [3.05, 3.63) is 108 Å². The smallest absolute Gasteiger partial charge is 0.340 e. The fourth-order valence-corrected chi connectivity index (χ4v) is 5.39. The first kappa shape index (κ1) is 26.7. The van der Waals surface area contributed by atoms with Gasteiger partial charge in [-0.15, -0.1) is 4.28 Å². The molecule has 0 bridgehead atoms. The molecular formula is C30H24F3N4O3S+. The maximum atomic E-state index is 13.0. The molecular weight excluding hydrogens is 553 g/mol. The molecule has 1 fully saturated rings. The van der Waals surface area contributed by atoms with Crippen molar-refractivity contribution in [2.24, 2.45) is 0 Å². The third kappa shape index (κ3) is 5.58. The van der Waals surface area contributed by atoms with E-state index in [2.05, 4.69) is 5.32 Å². The van der Waals surface area contributed by atoms with Crippen molar-refractivity contribution in [3.8, 4) is 11.3 Å². The van der Waals surface area contributed by atoms with Gasteiger partial charge in [-0.05, 0) is 68.3 Å². The second-order valence-corrected chi connectivity index (χ2v) is 11.4. The molecule has 0 radical (unpaired) electrons. The van der Waals surface area contributed by atoms with Gasteiger partial charge in [0.1, 0.15) is 16.5 Å². The van der Waals surface area contributed by atoms with Crippen molar-refractivity contribution in [1.82, 2.24) is 9.97 Å². The first-order valence-electron chi connectivity index (χ1n) is 12.9. The first-order valence-corrected chi connectivity index (χ1v) is 14.3. The third-order valence-electron chi connectivity index (χ3n) is 6.83. The largest absolute Gasteiger partial charge is 0.416 e. The van der Waals surface area contributed by atoms with E-state index in [9.17, 15) is 21.6 Å². The minimum atomic E-state index is -4.42. The quantitative estimate of drug-likeness (QED) is 0.227. The van der Waals surface area contributed by atoms with E-state index in [1.807, 2.05) is 25.1 Å². The summed E-state index contributed by atoms with van der Waals surface area (Å²) in [6.07, 6.45) is -1.00. The van der Waals surface area contributed by atoms with Crippen molar-refractivity contribution in [2.75, 3.05) is 5.32 Å². The number of hydrogen-bond donors (Lipinski definition) is 1. The van der Waals surface area contributed by atoms with Crippen LogP contribution in [-0.4, -0.2) is 18.4 Å². The monoisotopic (exact) mass is 577 g/mol. The van der Waals surface area contributed by atoms with E-state index < -0.39 is 21.9 Å². The first-order chi connectivity index (χ1) is 19.6. The fourth-order valence-electron chi connectivity index (χ4n) is 4.47. The molecule has 6 rings (SSSR count). The number of aromatic nitrogens is 3. The molecule has 2 heterocycles. The second kappa shape index (κ2) is 10.2. The molecule has 1 N–H and O–H groups in total. The number of pyridine rings is 1. The number of hydrogen-bond acceptors (Lipinski definition) is 6. The number of nitrogens with zero attached hydrogens (tertiary/aromatic N) is 3. The predicted octanol–water partition coefficient (Wildman–Crippen LogP) is 6.35. The molecule has 1 aliphatic carbocycles. The van der Waals surface area contributed by atoms with Crippen LogP contribution in [0.3, 0.4) is 0 Å². The molecule has 0 saturated heterocycles. The number of halogens is 3. The Morgan fingerprint density at radius 2 is 1.66 bits per heavy atom. The van der Waals surface area contributed by atoms with Crippen LogP contribution in [0.4, 0.5) is 24.7 Å². The summed E-state index contributed by atoms with van der Waals surface area (Å²) in [6.45, 7) is 1.83.